The summed E-state index contributed by atoms with van der Waals surface area (Å²) >= 11 is 0. The molecule has 10 unspecified atom stereocenters. The van der Waals surface area contributed by atoms with Gasteiger partial charge in [0.05, 0.1) is 37.1 Å². The lowest BCUT2D eigenvalue weighted by Crippen LogP contribution is -2.57. The smallest absolute Gasteiger partial charge is 0.320 e. The maximum Gasteiger partial charge on any atom is 0.320 e. The highest BCUT2D eigenvalue weighted by atomic mass is 16.7. The van der Waals surface area contributed by atoms with Crippen LogP contribution in [0.25, 0.3) is 0 Å². The van der Waals surface area contributed by atoms with Crippen LogP contribution in [-0.4, -0.2) is 89.1 Å². The minimum Gasteiger partial charge on any atom is -0.480 e. The molecule has 0 aromatic heterocycles. The van der Waals surface area contributed by atoms with Crippen LogP contribution in [-0.2, 0) is 28.5 Å². The molecule has 0 aromatic rings. The number of ether oxygens (including phenoxy) is 4. The molecule has 7 fully saturated rings. The maximum atomic E-state index is 11.9. The zero-order valence-electron chi connectivity index (χ0n) is 29.3. The number of carbonyl (C=O) groups excluding carboxylic acids is 1. The topological polar surface area (TPSA) is 115 Å². The largest absolute Gasteiger partial charge is 0.480 e. The van der Waals surface area contributed by atoms with Gasteiger partial charge in [-0.2, -0.15) is 0 Å². The molecule has 2 heterocycles. The summed E-state index contributed by atoms with van der Waals surface area (Å²) in [5.41, 5.74) is -0.0225. The fourth-order valence-electron chi connectivity index (χ4n) is 13.0. The number of morpholine rings is 1. The summed E-state index contributed by atoms with van der Waals surface area (Å²) in [5, 5.41) is 20.4. The fourth-order valence-corrected chi connectivity index (χ4v) is 13.0. The molecule has 2 saturated heterocycles. The monoisotopic (exact) mass is 647 g/mol. The molecule has 9 heteroatoms. The molecule has 7 rings (SSSR count). The van der Waals surface area contributed by atoms with Gasteiger partial charge in [-0.05, 0) is 130 Å². The molecule has 2 aliphatic heterocycles. The van der Waals surface area contributed by atoms with Crippen molar-refractivity contribution in [3.05, 3.63) is 0 Å². The van der Waals surface area contributed by atoms with Crippen LogP contribution in [0.1, 0.15) is 114 Å². The van der Waals surface area contributed by atoms with E-state index in [4.69, 9.17) is 18.9 Å². The van der Waals surface area contributed by atoms with Gasteiger partial charge in [0.15, 0.2) is 12.4 Å². The second-order valence-corrected chi connectivity index (χ2v) is 17.9. The first-order valence-electron chi connectivity index (χ1n) is 18.3. The number of carboxylic acid groups (broad SMARTS) is 1. The van der Waals surface area contributed by atoms with Crippen molar-refractivity contribution in [3.63, 3.8) is 0 Å². The van der Waals surface area contributed by atoms with Crippen molar-refractivity contribution in [1.29, 1.82) is 0 Å². The van der Waals surface area contributed by atoms with E-state index in [9.17, 15) is 19.8 Å². The van der Waals surface area contributed by atoms with Crippen LogP contribution >= 0.6 is 0 Å². The molecule has 46 heavy (non-hydrogen) atoms. The zero-order chi connectivity index (χ0) is 33.0. The van der Waals surface area contributed by atoms with Crippen LogP contribution in [0.15, 0.2) is 0 Å². The lowest BCUT2D eigenvalue weighted by Gasteiger charge is -2.60. The molecule has 0 aromatic carbocycles. The van der Waals surface area contributed by atoms with Gasteiger partial charge in [0, 0.05) is 14.9 Å². The predicted octanol–water partition coefficient (Wildman–Crippen LogP) is 5.66. The van der Waals surface area contributed by atoms with Crippen molar-refractivity contribution >= 4 is 11.9 Å². The Balaban J connectivity index is 0.00000386. The molecule has 0 amide bonds. The molecule has 13 atom stereocenters. The van der Waals surface area contributed by atoms with E-state index in [0.29, 0.717) is 48.3 Å². The van der Waals surface area contributed by atoms with Gasteiger partial charge in [-0.25, -0.2) is 0 Å². The van der Waals surface area contributed by atoms with E-state index in [-0.39, 0.29) is 42.8 Å². The van der Waals surface area contributed by atoms with Gasteiger partial charge in [0.1, 0.15) is 6.04 Å². The lowest BCUT2D eigenvalue weighted by atomic mass is 9.46. The van der Waals surface area contributed by atoms with E-state index in [2.05, 4.69) is 20.8 Å². The number of nitrogens with zero attached hydrogens (tertiary/aromatic N) is 1. The number of carboxylic acids is 1. The van der Waals surface area contributed by atoms with Crippen LogP contribution in [0, 0.1) is 45.3 Å². The van der Waals surface area contributed by atoms with Crippen molar-refractivity contribution in [3.8, 4) is 0 Å². The van der Waals surface area contributed by atoms with Gasteiger partial charge in [0.2, 0.25) is 0 Å². The summed E-state index contributed by atoms with van der Waals surface area (Å²) in [5.74, 6) is 1.37. The number of carbonyl (C=O) groups is 2. The first-order chi connectivity index (χ1) is 21.5. The summed E-state index contributed by atoms with van der Waals surface area (Å²) in [6.07, 6.45) is 10.7. The van der Waals surface area contributed by atoms with E-state index in [1.807, 2.05) is 4.90 Å². The highest BCUT2D eigenvalue weighted by Gasteiger charge is 2.80. The van der Waals surface area contributed by atoms with Gasteiger partial charge in [-0.15, -0.1) is 0 Å². The maximum absolute atomic E-state index is 11.9. The Labute approximate surface area is 276 Å². The van der Waals surface area contributed by atoms with Gasteiger partial charge >= 0.3 is 11.9 Å². The minimum atomic E-state index is -1.16. The molecule has 9 nitrogen and oxygen atoms in total. The van der Waals surface area contributed by atoms with E-state index >= 15 is 0 Å². The highest BCUT2D eigenvalue weighted by Crippen LogP contribution is 2.87. The van der Waals surface area contributed by atoms with Crippen LogP contribution in [0.4, 0.5) is 0 Å². The van der Waals surface area contributed by atoms with Crippen molar-refractivity contribution in [1.82, 2.24) is 4.90 Å². The number of rotatable bonds is 7. The van der Waals surface area contributed by atoms with Gasteiger partial charge < -0.3 is 29.2 Å². The number of aliphatic hydroxyl groups is 1. The summed E-state index contributed by atoms with van der Waals surface area (Å²) in [4.78, 5) is 25.5. The summed E-state index contributed by atoms with van der Waals surface area (Å²) < 4.78 is 25.3. The molecule has 5 saturated carbocycles. The van der Waals surface area contributed by atoms with Gasteiger partial charge in [0.25, 0.3) is 0 Å². The molecule has 262 valence electrons. The highest BCUT2D eigenvalue weighted by molar-refractivity contribution is 5.72. The number of hydrogen-bond acceptors (Lipinski definition) is 8. The number of esters is 1. The molecular weight excluding hydrogens is 586 g/mol. The van der Waals surface area contributed by atoms with E-state index in [0.717, 1.165) is 31.6 Å². The lowest BCUT2D eigenvalue weighted by molar-refractivity contribution is -0.247. The Bertz CT molecular complexity index is 1220. The predicted molar refractivity (Wildman–Crippen MR) is 173 cm³/mol. The summed E-state index contributed by atoms with van der Waals surface area (Å²) in [7, 11) is 0. The normalized spacial score (nSPS) is 47.7. The average Bonchev–Trinajstić information content (AvgIpc) is 3.56. The molecule has 5 aliphatic carbocycles. The van der Waals surface area contributed by atoms with Crippen molar-refractivity contribution in [2.75, 3.05) is 19.7 Å². The molecule has 2 N–H and O–H groups in total. The standard InChI is InChI=1S/C37H59NO8.H2/c1-21(32(40)41)38-16-17-43-30(19-38)46-29-12-13-37-20-36(37)15-14-35(7)24-8-10-26(31(34(5,6)42)44-22(2)39)45-27(24)18-25(35)23(36)9-11-28(37)33(29,3)4;/h21,23-31,42H,8-20H2,1-7H3,(H,40,41);1H/t21?,23?,24?,25?,26?,27?,28?,29-,30?,31-,35?,36?,37+;/m0./s1. The van der Waals surface area contributed by atoms with Crippen molar-refractivity contribution in [2.24, 2.45) is 45.3 Å². The first kappa shape index (κ1) is 33.2. The van der Waals surface area contributed by atoms with E-state index in [1.54, 1.807) is 20.8 Å². The summed E-state index contributed by atoms with van der Waals surface area (Å²) in [6, 6.07) is -0.538. The molecule has 7 aliphatic rings. The third kappa shape index (κ3) is 4.94. The number of fused-ring (bicyclic) bond motifs is 4. The third-order valence-electron chi connectivity index (χ3n) is 15.2. The van der Waals surface area contributed by atoms with Crippen molar-refractivity contribution in [2.45, 2.75) is 155 Å². The Morgan fingerprint density at radius 2 is 1.74 bits per heavy atom. The average molecular weight is 648 g/mol. The Hall–Kier alpha value is -1.26. The Morgan fingerprint density at radius 1 is 1.00 bits per heavy atom. The number of hydrogen-bond donors (Lipinski definition) is 2. The number of aliphatic carboxylic acids is 1. The molecule has 0 radical (unpaired) electrons. The minimum absolute atomic E-state index is 0. The van der Waals surface area contributed by atoms with Crippen LogP contribution in [0.2, 0.25) is 0 Å². The quantitative estimate of drug-likeness (QED) is 0.338. The fraction of sp³-hybridized carbons (Fsp3) is 0.946. The zero-order valence-corrected chi connectivity index (χ0v) is 29.3. The van der Waals surface area contributed by atoms with Crippen molar-refractivity contribution < 1.29 is 40.2 Å². The van der Waals surface area contributed by atoms with Crippen LogP contribution < -0.4 is 0 Å². The first-order valence-corrected chi connectivity index (χ1v) is 18.3. The van der Waals surface area contributed by atoms with Gasteiger partial charge in [-0.1, -0.05) is 20.8 Å². The summed E-state index contributed by atoms with van der Waals surface area (Å²) in [6.45, 7) is 15.7. The van der Waals surface area contributed by atoms with E-state index in [1.165, 1.54) is 45.4 Å². The van der Waals surface area contributed by atoms with Crippen LogP contribution in [0.5, 0.6) is 0 Å². The third-order valence-corrected chi connectivity index (χ3v) is 15.2. The second kappa shape index (κ2) is 11.1. The van der Waals surface area contributed by atoms with E-state index < -0.39 is 23.7 Å². The molecule has 0 bridgehead atoms. The Kier molecular flexibility index (Phi) is 8.04. The Morgan fingerprint density at radius 3 is 2.43 bits per heavy atom. The molecular formula is C37H61NO8. The second-order valence-electron chi connectivity index (χ2n) is 17.9. The van der Waals surface area contributed by atoms with Gasteiger partial charge in [-0.3, -0.25) is 14.5 Å². The van der Waals surface area contributed by atoms with Crippen LogP contribution in [0.3, 0.4) is 0 Å². The molecule has 2 spiro atoms. The SMILES string of the molecule is CC(=O)O[C@@H](C1CCC2C(CC3C4CCC5C(C)(C)[C@@H](OC6CN(C(C)C(=O)O)CCO6)CC[C@@]56CC46CCC23C)O1)C(C)(C)O.[HH].